The molecule has 0 atom stereocenters. The molecule has 2 aromatic carbocycles. The van der Waals surface area contributed by atoms with Crippen LogP contribution < -0.4 is 14.8 Å². The van der Waals surface area contributed by atoms with Crippen LogP contribution in [0.2, 0.25) is 5.02 Å². The van der Waals surface area contributed by atoms with Gasteiger partial charge < -0.3 is 14.8 Å². The number of nitrogens with one attached hydrogen (secondary N) is 1. The average Bonchev–Trinajstić information content (AvgIpc) is 2.56. The molecule has 0 radical (unpaired) electrons. The molecule has 0 aromatic heterocycles. The second kappa shape index (κ2) is 7.65. The van der Waals surface area contributed by atoms with Crippen molar-refractivity contribution in [1.82, 2.24) is 0 Å². The van der Waals surface area contributed by atoms with Crippen molar-refractivity contribution in [2.24, 2.45) is 0 Å². The van der Waals surface area contributed by atoms with Gasteiger partial charge in [-0.25, -0.2) is 4.39 Å². The minimum atomic E-state index is -0.556. The summed E-state index contributed by atoms with van der Waals surface area (Å²) in [6, 6.07) is 9.15. The van der Waals surface area contributed by atoms with E-state index in [0.717, 1.165) is 0 Å². The second-order valence-electron chi connectivity index (χ2n) is 4.59. The lowest BCUT2D eigenvalue weighted by Gasteiger charge is -2.06. The Morgan fingerprint density at radius 1 is 1.13 bits per heavy atom. The molecule has 4 nitrogen and oxygen atoms in total. The molecule has 2 aromatic rings. The number of halogens is 2. The smallest absolute Gasteiger partial charge is 0.248 e. The zero-order valence-electron chi connectivity index (χ0n) is 12.6. The largest absolute Gasteiger partial charge is 0.497 e. The molecular weight excluding hydrogens is 321 g/mol. The molecule has 0 bridgehead atoms. The van der Waals surface area contributed by atoms with Crippen LogP contribution in [0.25, 0.3) is 6.08 Å². The predicted molar refractivity (Wildman–Crippen MR) is 88.6 cm³/mol. The minimum Gasteiger partial charge on any atom is -0.497 e. The molecule has 23 heavy (non-hydrogen) atoms. The highest BCUT2D eigenvalue weighted by Crippen LogP contribution is 2.23. The Bertz CT molecular complexity index is 724. The molecule has 0 aliphatic heterocycles. The lowest BCUT2D eigenvalue weighted by molar-refractivity contribution is -0.111. The average molecular weight is 336 g/mol. The van der Waals surface area contributed by atoms with Crippen LogP contribution in [0.3, 0.4) is 0 Å². The summed E-state index contributed by atoms with van der Waals surface area (Å²) in [5.74, 6) is 0.169. The van der Waals surface area contributed by atoms with E-state index >= 15 is 0 Å². The van der Waals surface area contributed by atoms with Crippen LogP contribution >= 0.6 is 11.6 Å². The van der Waals surface area contributed by atoms with E-state index in [0.29, 0.717) is 22.1 Å². The quantitative estimate of drug-likeness (QED) is 0.835. The highest BCUT2D eigenvalue weighted by molar-refractivity contribution is 6.30. The van der Waals surface area contributed by atoms with Gasteiger partial charge in [0.25, 0.3) is 0 Å². The first kappa shape index (κ1) is 16.8. The van der Waals surface area contributed by atoms with Gasteiger partial charge in [0, 0.05) is 17.2 Å². The van der Waals surface area contributed by atoms with Crippen LogP contribution in [-0.4, -0.2) is 20.1 Å². The zero-order chi connectivity index (χ0) is 16.8. The number of amides is 1. The molecule has 1 amide bonds. The van der Waals surface area contributed by atoms with E-state index < -0.39 is 11.7 Å². The van der Waals surface area contributed by atoms with Crippen LogP contribution in [-0.2, 0) is 4.79 Å². The van der Waals surface area contributed by atoms with Crippen molar-refractivity contribution < 1.29 is 18.7 Å². The van der Waals surface area contributed by atoms with Gasteiger partial charge in [-0.2, -0.15) is 0 Å². The molecule has 120 valence electrons. The summed E-state index contributed by atoms with van der Waals surface area (Å²) in [5.41, 5.74) is 0.735. The van der Waals surface area contributed by atoms with Crippen molar-refractivity contribution in [2.75, 3.05) is 19.5 Å². The normalized spacial score (nSPS) is 10.6. The van der Waals surface area contributed by atoms with Gasteiger partial charge in [0.2, 0.25) is 5.91 Å². The van der Waals surface area contributed by atoms with Crippen LogP contribution in [0.4, 0.5) is 10.1 Å². The number of carbonyl (C=O) groups excluding carboxylic acids is 1. The van der Waals surface area contributed by atoms with Crippen LogP contribution in [0, 0.1) is 5.82 Å². The van der Waals surface area contributed by atoms with Crippen molar-refractivity contribution >= 4 is 29.3 Å². The van der Waals surface area contributed by atoms with Gasteiger partial charge >= 0.3 is 0 Å². The van der Waals surface area contributed by atoms with Gasteiger partial charge in [-0.1, -0.05) is 11.6 Å². The Hall–Kier alpha value is -2.53. The summed E-state index contributed by atoms with van der Waals surface area (Å²) >= 11 is 5.78. The fourth-order valence-corrected chi connectivity index (χ4v) is 2.04. The number of rotatable bonds is 5. The van der Waals surface area contributed by atoms with Gasteiger partial charge in [0.05, 0.1) is 19.9 Å². The van der Waals surface area contributed by atoms with E-state index in [4.69, 9.17) is 21.1 Å². The Labute approximate surface area is 138 Å². The van der Waals surface area contributed by atoms with Crippen molar-refractivity contribution in [3.05, 3.63) is 58.9 Å². The van der Waals surface area contributed by atoms with Crippen LogP contribution in [0.5, 0.6) is 11.5 Å². The fraction of sp³-hybridized carbons (Fsp3) is 0.118. The van der Waals surface area contributed by atoms with Crippen LogP contribution in [0.1, 0.15) is 5.56 Å². The Balaban J connectivity index is 2.13. The SMILES string of the molecule is COc1cc(/C=C/C(=O)Nc2cc(Cl)ccc2F)cc(OC)c1. The highest BCUT2D eigenvalue weighted by Gasteiger charge is 2.06. The van der Waals surface area contributed by atoms with E-state index in [1.54, 1.807) is 24.3 Å². The first-order valence-electron chi connectivity index (χ1n) is 6.69. The molecule has 2 rings (SSSR count). The number of benzene rings is 2. The molecule has 0 saturated carbocycles. The summed E-state index contributed by atoms with van der Waals surface area (Å²) in [4.78, 5) is 11.9. The van der Waals surface area contributed by atoms with Crippen molar-refractivity contribution in [3.8, 4) is 11.5 Å². The summed E-state index contributed by atoms with van der Waals surface area (Å²) < 4.78 is 23.9. The molecule has 0 saturated heterocycles. The molecule has 0 aliphatic carbocycles. The number of methoxy groups -OCH3 is 2. The predicted octanol–water partition coefficient (Wildman–Crippen LogP) is 4.15. The lowest BCUT2D eigenvalue weighted by atomic mass is 10.2. The molecule has 1 N–H and O–H groups in total. The van der Waals surface area contributed by atoms with E-state index in [1.807, 2.05) is 0 Å². The van der Waals surface area contributed by atoms with E-state index in [1.165, 1.54) is 38.5 Å². The Kier molecular flexibility index (Phi) is 5.60. The van der Waals surface area contributed by atoms with Crippen LogP contribution in [0.15, 0.2) is 42.5 Å². The van der Waals surface area contributed by atoms with Gasteiger partial charge in [-0.15, -0.1) is 0 Å². The zero-order valence-corrected chi connectivity index (χ0v) is 13.4. The molecule has 0 aliphatic rings. The third-order valence-electron chi connectivity index (χ3n) is 2.99. The van der Waals surface area contributed by atoms with Gasteiger partial charge in [0.1, 0.15) is 17.3 Å². The maximum Gasteiger partial charge on any atom is 0.248 e. The standard InChI is InChI=1S/C17H15ClFNO3/c1-22-13-7-11(8-14(10-13)23-2)3-6-17(21)20-16-9-12(18)4-5-15(16)19/h3-10H,1-2H3,(H,20,21)/b6-3+. The second-order valence-corrected chi connectivity index (χ2v) is 5.03. The summed E-state index contributed by atoms with van der Waals surface area (Å²) in [6.07, 6.45) is 2.86. The van der Waals surface area contributed by atoms with Gasteiger partial charge in [-0.3, -0.25) is 4.79 Å². The summed E-state index contributed by atoms with van der Waals surface area (Å²) in [6.45, 7) is 0. The summed E-state index contributed by atoms with van der Waals surface area (Å²) in [5, 5.41) is 2.77. The lowest BCUT2D eigenvalue weighted by Crippen LogP contribution is -2.09. The summed E-state index contributed by atoms with van der Waals surface area (Å²) in [7, 11) is 3.08. The highest BCUT2D eigenvalue weighted by atomic mass is 35.5. The number of hydrogen-bond donors (Lipinski definition) is 1. The number of ether oxygens (including phenoxy) is 2. The van der Waals surface area contributed by atoms with Crippen molar-refractivity contribution in [3.63, 3.8) is 0 Å². The first-order chi connectivity index (χ1) is 11.0. The van der Waals surface area contributed by atoms with E-state index in [2.05, 4.69) is 5.32 Å². The third-order valence-corrected chi connectivity index (χ3v) is 3.22. The number of hydrogen-bond acceptors (Lipinski definition) is 3. The Morgan fingerprint density at radius 3 is 2.39 bits per heavy atom. The molecule has 0 spiro atoms. The van der Waals surface area contributed by atoms with Crippen molar-refractivity contribution in [2.45, 2.75) is 0 Å². The fourth-order valence-electron chi connectivity index (χ4n) is 1.87. The van der Waals surface area contributed by atoms with Gasteiger partial charge in [0.15, 0.2) is 0 Å². The first-order valence-corrected chi connectivity index (χ1v) is 7.07. The maximum absolute atomic E-state index is 13.6. The Morgan fingerprint density at radius 2 is 1.78 bits per heavy atom. The molecule has 6 heteroatoms. The molecule has 0 heterocycles. The van der Waals surface area contributed by atoms with E-state index in [9.17, 15) is 9.18 Å². The topological polar surface area (TPSA) is 47.6 Å². The molecular formula is C17H15ClFNO3. The number of anilines is 1. The molecule has 0 unspecified atom stereocenters. The monoisotopic (exact) mass is 335 g/mol. The van der Waals surface area contributed by atoms with E-state index in [-0.39, 0.29) is 5.69 Å². The molecule has 0 fully saturated rings. The van der Waals surface area contributed by atoms with Gasteiger partial charge in [-0.05, 0) is 42.0 Å². The maximum atomic E-state index is 13.6. The van der Waals surface area contributed by atoms with Crippen molar-refractivity contribution in [1.29, 1.82) is 0 Å². The minimum absolute atomic E-state index is 0.0235. The number of carbonyl (C=O) groups is 1. The third kappa shape index (κ3) is 4.72.